The van der Waals surface area contributed by atoms with Gasteiger partial charge in [0.1, 0.15) is 12.4 Å². The van der Waals surface area contributed by atoms with Crippen molar-refractivity contribution in [1.29, 1.82) is 0 Å². The van der Waals surface area contributed by atoms with E-state index in [4.69, 9.17) is 10.5 Å². The lowest BCUT2D eigenvalue weighted by Crippen LogP contribution is -2.06. The molecule has 5 heteroatoms. The van der Waals surface area contributed by atoms with Gasteiger partial charge in [-0.15, -0.1) is 0 Å². The maximum absolute atomic E-state index is 5.62. The zero-order chi connectivity index (χ0) is 12.1. The molecule has 0 saturated carbocycles. The monoisotopic (exact) mass is 295 g/mol. The smallest absolute Gasteiger partial charge is 0.120 e. The van der Waals surface area contributed by atoms with Crippen molar-refractivity contribution in [3.63, 3.8) is 0 Å². The maximum Gasteiger partial charge on any atom is 0.120 e. The van der Waals surface area contributed by atoms with Crippen LogP contribution >= 0.6 is 15.9 Å². The van der Waals surface area contributed by atoms with Crippen LogP contribution in [-0.2, 0) is 13.1 Å². The van der Waals surface area contributed by atoms with E-state index in [9.17, 15) is 0 Å². The van der Waals surface area contributed by atoms with Gasteiger partial charge in [-0.2, -0.15) is 0 Å². The van der Waals surface area contributed by atoms with E-state index in [0.29, 0.717) is 13.2 Å². The minimum absolute atomic E-state index is 0.472. The Labute approximate surface area is 109 Å². The highest BCUT2D eigenvalue weighted by molar-refractivity contribution is 9.10. The molecule has 0 aliphatic heterocycles. The number of hydrogen-bond acceptors (Lipinski definition) is 3. The lowest BCUT2D eigenvalue weighted by molar-refractivity contribution is 0.298. The first-order valence-corrected chi connectivity index (χ1v) is 6.16. The summed E-state index contributed by atoms with van der Waals surface area (Å²) in [7, 11) is 0. The van der Waals surface area contributed by atoms with Crippen molar-refractivity contribution in [1.82, 2.24) is 9.55 Å². The van der Waals surface area contributed by atoms with Crippen LogP contribution in [0.25, 0.3) is 0 Å². The first-order chi connectivity index (χ1) is 8.28. The van der Waals surface area contributed by atoms with Crippen LogP contribution in [0.3, 0.4) is 0 Å². The van der Waals surface area contributed by atoms with Crippen LogP contribution in [-0.4, -0.2) is 16.2 Å². The molecule has 2 N–H and O–H groups in total. The third-order valence-corrected chi connectivity index (χ3v) is 2.80. The molecule has 0 saturated heterocycles. The summed E-state index contributed by atoms with van der Waals surface area (Å²) in [6, 6.07) is 7.79. The van der Waals surface area contributed by atoms with E-state index in [1.807, 2.05) is 35.0 Å². The molecule has 2 rings (SSSR count). The predicted molar refractivity (Wildman–Crippen MR) is 69.8 cm³/mol. The number of halogens is 1. The van der Waals surface area contributed by atoms with Gasteiger partial charge in [0.15, 0.2) is 0 Å². The largest absolute Gasteiger partial charge is 0.492 e. The number of hydrogen-bond donors (Lipinski definition) is 1. The molecule has 4 nitrogen and oxygen atoms in total. The number of aromatic nitrogens is 2. The zero-order valence-corrected chi connectivity index (χ0v) is 10.9. The molecule has 0 amide bonds. The normalized spacial score (nSPS) is 10.5. The SMILES string of the molecule is NCc1cn(CCOc2cccc(Br)c2)cn1. The van der Waals surface area contributed by atoms with Crippen LogP contribution < -0.4 is 10.5 Å². The van der Waals surface area contributed by atoms with E-state index in [0.717, 1.165) is 22.5 Å². The highest BCUT2D eigenvalue weighted by atomic mass is 79.9. The summed E-state index contributed by atoms with van der Waals surface area (Å²) in [4.78, 5) is 4.15. The number of nitrogens with zero attached hydrogens (tertiary/aromatic N) is 2. The summed E-state index contributed by atoms with van der Waals surface area (Å²) < 4.78 is 8.61. The van der Waals surface area contributed by atoms with Crippen LogP contribution in [0.4, 0.5) is 0 Å². The molecule has 0 unspecified atom stereocenters. The zero-order valence-electron chi connectivity index (χ0n) is 9.34. The molecule has 0 aliphatic carbocycles. The first kappa shape index (κ1) is 12.1. The second-order valence-corrected chi connectivity index (χ2v) is 4.53. The summed E-state index contributed by atoms with van der Waals surface area (Å²) in [5, 5.41) is 0. The summed E-state index contributed by atoms with van der Waals surface area (Å²) in [5.74, 6) is 0.860. The van der Waals surface area contributed by atoms with Crippen LogP contribution in [0.2, 0.25) is 0 Å². The van der Waals surface area contributed by atoms with Crippen LogP contribution in [0, 0.1) is 0 Å². The number of imidazole rings is 1. The van der Waals surface area contributed by atoms with Crippen LogP contribution in [0.5, 0.6) is 5.75 Å². The summed E-state index contributed by atoms with van der Waals surface area (Å²) in [6.45, 7) is 1.84. The summed E-state index contributed by atoms with van der Waals surface area (Å²) in [6.07, 6.45) is 3.71. The Morgan fingerprint density at radius 3 is 3.00 bits per heavy atom. The molecule has 1 aromatic heterocycles. The molecule has 0 aliphatic rings. The maximum atomic E-state index is 5.62. The average molecular weight is 296 g/mol. The van der Waals surface area contributed by atoms with Gasteiger partial charge in [0, 0.05) is 17.2 Å². The minimum Gasteiger partial charge on any atom is -0.492 e. The molecule has 2 aromatic rings. The Morgan fingerprint density at radius 1 is 1.41 bits per heavy atom. The lowest BCUT2D eigenvalue weighted by atomic mass is 10.3. The molecule has 1 aromatic carbocycles. The molecule has 0 fully saturated rings. The van der Waals surface area contributed by atoms with Crippen LogP contribution in [0.15, 0.2) is 41.3 Å². The lowest BCUT2D eigenvalue weighted by Gasteiger charge is -2.06. The third-order valence-electron chi connectivity index (χ3n) is 2.31. The van der Waals surface area contributed by atoms with Gasteiger partial charge in [0.05, 0.1) is 18.6 Å². The Kier molecular flexibility index (Phi) is 4.17. The summed E-state index contributed by atoms with van der Waals surface area (Å²) >= 11 is 3.40. The van der Waals surface area contributed by atoms with Gasteiger partial charge in [0.25, 0.3) is 0 Å². The fourth-order valence-electron chi connectivity index (χ4n) is 1.46. The molecule has 17 heavy (non-hydrogen) atoms. The number of rotatable bonds is 5. The fraction of sp³-hybridized carbons (Fsp3) is 0.250. The van der Waals surface area contributed by atoms with E-state index in [-0.39, 0.29) is 0 Å². The van der Waals surface area contributed by atoms with Crippen molar-refractivity contribution in [2.75, 3.05) is 6.61 Å². The molecular formula is C12H14BrN3O. The molecule has 90 valence electrons. The fourth-order valence-corrected chi connectivity index (χ4v) is 1.84. The standard InChI is InChI=1S/C12H14BrN3O/c13-10-2-1-3-12(6-10)17-5-4-16-8-11(7-14)15-9-16/h1-3,6,8-9H,4-5,7,14H2. The average Bonchev–Trinajstić information content (AvgIpc) is 2.77. The van der Waals surface area contributed by atoms with Gasteiger partial charge in [0.2, 0.25) is 0 Å². The van der Waals surface area contributed by atoms with Gasteiger partial charge in [-0.05, 0) is 18.2 Å². The van der Waals surface area contributed by atoms with E-state index in [1.54, 1.807) is 6.33 Å². The molecule has 0 atom stereocenters. The molecular weight excluding hydrogens is 282 g/mol. The number of benzene rings is 1. The van der Waals surface area contributed by atoms with E-state index in [1.165, 1.54) is 0 Å². The Morgan fingerprint density at radius 2 is 2.29 bits per heavy atom. The Hall–Kier alpha value is -1.33. The van der Waals surface area contributed by atoms with Crippen molar-refractivity contribution in [3.05, 3.63) is 47.0 Å². The molecule has 0 spiro atoms. The molecule has 0 radical (unpaired) electrons. The second-order valence-electron chi connectivity index (χ2n) is 3.61. The van der Waals surface area contributed by atoms with Crippen molar-refractivity contribution in [2.24, 2.45) is 5.73 Å². The topological polar surface area (TPSA) is 53.1 Å². The van der Waals surface area contributed by atoms with E-state index >= 15 is 0 Å². The summed E-state index contributed by atoms with van der Waals surface area (Å²) in [5.41, 5.74) is 6.38. The first-order valence-electron chi connectivity index (χ1n) is 5.37. The van der Waals surface area contributed by atoms with Gasteiger partial charge < -0.3 is 15.0 Å². The quantitative estimate of drug-likeness (QED) is 0.920. The second kappa shape index (κ2) is 5.84. The van der Waals surface area contributed by atoms with Gasteiger partial charge >= 0.3 is 0 Å². The van der Waals surface area contributed by atoms with E-state index < -0.39 is 0 Å². The van der Waals surface area contributed by atoms with Gasteiger partial charge in [-0.3, -0.25) is 0 Å². The van der Waals surface area contributed by atoms with Gasteiger partial charge in [-0.25, -0.2) is 4.98 Å². The van der Waals surface area contributed by atoms with Crippen LogP contribution in [0.1, 0.15) is 5.69 Å². The van der Waals surface area contributed by atoms with E-state index in [2.05, 4.69) is 20.9 Å². The highest BCUT2D eigenvalue weighted by Crippen LogP contribution is 2.17. The molecule has 0 bridgehead atoms. The van der Waals surface area contributed by atoms with Crippen molar-refractivity contribution < 1.29 is 4.74 Å². The minimum atomic E-state index is 0.472. The molecule has 1 heterocycles. The number of ether oxygens (including phenoxy) is 1. The predicted octanol–water partition coefficient (Wildman–Crippen LogP) is 2.18. The Bertz CT molecular complexity index is 484. The van der Waals surface area contributed by atoms with Crippen molar-refractivity contribution in [3.8, 4) is 5.75 Å². The highest BCUT2D eigenvalue weighted by Gasteiger charge is 1.98. The van der Waals surface area contributed by atoms with Gasteiger partial charge in [-0.1, -0.05) is 22.0 Å². The third kappa shape index (κ3) is 3.57. The Balaban J connectivity index is 1.83. The van der Waals surface area contributed by atoms with Crippen molar-refractivity contribution >= 4 is 15.9 Å². The van der Waals surface area contributed by atoms with Crippen molar-refractivity contribution in [2.45, 2.75) is 13.1 Å². The number of nitrogens with two attached hydrogens (primary N) is 1.